The summed E-state index contributed by atoms with van der Waals surface area (Å²) in [5.74, 6) is 0. The topological polar surface area (TPSA) is 37.8 Å². The van der Waals surface area contributed by atoms with Crippen LogP contribution in [0.4, 0.5) is 0 Å². The molecule has 0 aromatic carbocycles. The average Bonchev–Trinajstić information content (AvgIpc) is 2.67. The van der Waals surface area contributed by atoms with Gasteiger partial charge in [0.15, 0.2) is 0 Å². The first kappa shape index (κ1) is 13.6. The molecule has 0 amide bonds. The summed E-state index contributed by atoms with van der Waals surface area (Å²) in [7, 11) is 2.02. The highest BCUT2D eigenvalue weighted by Gasteiger charge is 2.26. The summed E-state index contributed by atoms with van der Waals surface area (Å²) in [5.41, 5.74) is 1.23. The number of nitrogens with one attached hydrogen (secondary N) is 1. The molecular weight excluding hydrogens is 218 g/mol. The average molecular weight is 241 g/mol. The molecule has 16 heavy (non-hydrogen) atoms. The fourth-order valence-electron chi connectivity index (χ4n) is 1.76. The summed E-state index contributed by atoms with van der Waals surface area (Å²) >= 11 is 1.54. The van der Waals surface area contributed by atoms with E-state index in [1.54, 1.807) is 0 Å². The molecule has 3 nitrogen and oxygen atoms in total. The predicted molar refractivity (Wildman–Crippen MR) is 69.9 cm³/mol. The maximum absolute atomic E-state index is 4.29. The Balaban J connectivity index is 2.88. The summed E-state index contributed by atoms with van der Waals surface area (Å²) in [5, 5.41) is 7.68. The largest absolute Gasteiger partial charge is 0.312 e. The molecule has 0 fully saturated rings. The molecule has 0 aliphatic rings. The van der Waals surface area contributed by atoms with Crippen LogP contribution in [0.5, 0.6) is 0 Å². The summed E-state index contributed by atoms with van der Waals surface area (Å²) in [4.78, 5) is 1.31. The second-order valence-corrected chi connectivity index (χ2v) is 6.00. The SMILES string of the molecule is CCCCC(NC)c1snnc1C(C)(C)C. The zero-order chi connectivity index (χ0) is 12.2. The second kappa shape index (κ2) is 5.73. The Hall–Kier alpha value is -0.480. The van der Waals surface area contributed by atoms with Gasteiger partial charge in [-0.05, 0) is 25.0 Å². The number of nitrogens with zero attached hydrogens (tertiary/aromatic N) is 2. The van der Waals surface area contributed by atoms with Crippen molar-refractivity contribution in [2.75, 3.05) is 7.05 Å². The van der Waals surface area contributed by atoms with Crippen molar-refractivity contribution in [1.82, 2.24) is 14.9 Å². The van der Waals surface area contributed by atoms with E-state index in [2.05, 4.69) is 42.6 Å². The molecule has 0 bridgehead atoms. The van der Waals surface area contributed by atoms with E-state index in [9.17, 15) is 0 Å². The van der Waals surface area contributed by atoms with Crippen molar-refractivity contribution in [3.8, 4) is 0 Å². The minimum atomic E-state index is 0.0870. The molecule has 1 rings (SSSR count). The van der Waals surface area contributed by atoms with Crippen LogP contribution in [0.15, 0.2) is 0 Å². The van der Waals surface area contributed by atoms with E-state index in [1.807, 2.05) is 7.05 Å². The number of rotatable bonds is 5. The highest BCUT2D eigenvalue weighted by molar-refractivity contribution is 7.05. The maximum atomic E-state index is 4.29. The third-order valence-electron chi connectivity index (χ3n) is 2.74. The van der Waals surface area contributed by atoms with E-state index < -0.39 is 0 Å². The monoisotopic (exact) mass is 241 g/mol. The quantitative estimate of drug-likeness (QED) is 0.859. The van der Waals surface area contributed by atoms with Gasteiger partial charge in [-0.25, -0.2) is 0 Å². The highest BCUT2D eigenvalue weighted by Crippen LogP contribution is 2.32. The summed E-state index contributed by atoms with van der Waals surface area (Å²) in [6, 6.07) is 0.411. The summed E-state index contributed by atoms with van der Waals surface area (Å²) < 4.78 is 4.12. The number of unbranched alkanes of at least 4 members (excludes halogenated alkanes) is 1. The van der Waals surface area contributed by atoms with Gasteiger partial charge in [-0.15, -0.1) is 5.10 Å². The first-order valence-electron chi connectivity index (χ1n) is 6.00. The van der Waals surface area contributed by atoms with E-state index in [0.29, 0.717) is 6.04 Å². The molecule has 1 aromatic heterocycles. The van der Waals surface area contributed by atoms with Crippen molar-refractivity contribution in [3.63, 3.8) is 0 Å². The van der Waals surface area contributed by atoms with Crippen LogP contribution in [0.3, 0.4) is 0 Å². The zero-order valence-electron chi connectivity index (χ0n) is 11.0. The third-order valence-corrected chi connectivity index (χ3v) is 3.57. The minimum Gasteiger partial charge on any atom is -0.312 e. The Bertz CT molecular complexity index is 314. The van der Waals surface area contributed by atoms with Gasteiger partial charge in [-0.3, -0.25) is 0 Å². The lowest BCUT2D eigenvalue weighted by Gasteiger charge is -2.21. The van der Waals surface area contributed by atoms with Gasteiger partial charge in [0.05, 0.1) is 10.6 Å². The molecule has 92 valence electrons. The normalized spacial score (nSPS) is 14.1. The van der Waals surface area contributed by atoms with Crippen LogP contribution < -0.4 is 5.32 Å². The van der Waals surface area contributed by atoms with Crippen molar-refractivity contribution in [3.05, 3.63) is 10.6 Å². The fraction of sp³-hybridized carbons (Fsp3) is 0.833. The van der Waals surface area contributed by atoms with Crippen molar-refractivity contribution in [2.24, 2.45) is 0 Å². The third kappa shape index (κ3) is 3.25. The van der Waals surface area contributed by atoms with Crippen LogP contribution in [0, 0.1) is 0 Å². The van der Waals surface area contributed by atoms with Gasteiger partial charge >= 0.3 is 0 Å². The molecule has 1 N–H and O–H groups in total. The molecule has 0 aliphatic carbocycles. The van der Waals surface area contributed by atoms with Gasteiger partial charge in [-0.2, -0.15) is 0 Å². The fourth-order valence-corrected chi connectivity index (χ4v) is 2.77. The maximum Gasteiger partial charge on any atom is 0.0857 e. The summed E-state index contributed by atoms with van der Waals surface area (Å²) in [6.07, 6.45) is 3.64. The lowest BCUT2D eigenvalue weighted by molar-refractivity contribution is 0.500. The molecule has 4 heteroatoms. The van der Waals surface area contributed by atoms with Crippen molar-refractivity contribution in [2.45, 2.75) is 58.4 Å². The molecule has 0 saturated carbocycles. The van der Waals surface area contributed by atoms with Crippen LogP contribution in [0.1, 0.15) is 63.6 Å². The first-order valence-corrected chi connectivity index (χ1v) is 6.78. The van der Waals surface area contributed by atoms with E-state index >= 15 is 0 Å². The smallest absolute Gasteiger partial charge is 0.0857 e. The van der Waals surface area contributed by atoms with Gasteiger partial charge in [0, 0.05) is 11.5 Å². The van der Waals surface area contributed by atoms with E-state index in [1.165, 1.54) is 35.7 Å². The Morgan fingerprint density at radius 2 is 2.06 bits per heavy atom. The molecule has 0 aliphatic heterocycles. The molecule has 1 atom stereocenters. The van der Waals surface area contributed by atoms with E-state index in [-0.39, 0.29) is 5.41 Å². The number of aromatic nitrogens is 2. The number of hydrogen-bond donors (Lipinski definition) is 1. The molecule has 0 saturated heterocycles. The van der Waals surface area contributed by atoms with E-state index in [0.717, 1.165) is 5.69 Å². The van der Waals surface area contributed by atoms with Crippen LogP contribution in [-0.4, -0.2) is 16.6 Å². The molecule has 1 aromatic rings. The zero-order valence-corrected chi connectivity index (χ0v) is 11.8. The van der Waals surface area contributed by atoms with Gasteiger partial charge in [-0.1, -0.05) is 45.0 Å². The summed E-state index contributed by atoms with van der Waals surface area (Å²) in [6.45, 7) is 8.81. The Morgan fingerprint density at radius 3 is 2.56 bits per heavy atom. The minimum absolute atomic E-state index is 0.0870. The van der Waals surface area contributed by atoms with Crippen LogP contribution in [0.25, 0.3) is 0 Å². The lowest BCUT2D eigenvalue weighted by atomic mass is 9.89. The van der Waals surface area contributed by atoms with Gasteiger partial charge < -0.3 is 5.32 Å². The number of hydrogen-bond acceptors (Lipinski definition) is 4. The lowest BCUT2D eigenvalue weighted by Crippen LogP contribution is -2.21. The molecule has 0 radical (unpaired) electrons. The van der Waals surface area contributed by atoms with Crippen molar-refractivity contribution in [1.29, 1.82) is 0 Å². The van der Waals surface area contributed by atoms with Crippen molar-refractivity contribution >= 4 is 11.5 Å². The Kier molecular flexibility index (Phi) is 4.87. The molecule has 1 unspecified atom stereocenters. The van der Waals surface area contributed by atoms with Crippen LogP contribution in [0.2, 0.25) is 0 Å². The Morgan fingerprint density at radius 1 is 1.38 bits per heavy atom. The first-order chi connectivity index (χ1) is 7.50. The highest BCUT2D eigenvalue weighted by atomic mass is 32.1. The van der Waals surface area contributed by atoms with Gasteiger partial charge in [0.1, 0.15) is 0 Å². The Labute approximate surface area is 103 Å². The van der Waals surface area contributed by atoms with Gasteiger partial charge in [0.25, 0.3) is 0 Å². The van der Waals surface area contributed by atoms with Crippen molar-refractivity contribution < 1.29 is 0 Å². The second-order valence-electron chi connectivity index (χ2n) is 5.22. The molecule has 1 heterocycles. The van der Waals surface area contributed by atoms with Crippen LogP contribution >= 0.6 is 11.5 Å². The predicted octanol–water partition coefficient (Wildman–Crippen LogP) is 3.29. The molecule has 0 spiro atoms. The van der Waals surface area contributed by atoms with Crippen LogP contribution in [-0.2, 0) is 5.41 Å². The van der Waals surface area contributed by atoms with E-state index in [4.69, 9.17) is 0 Å². The standard InChI is InChI=1S/C12H23N3S/c1-6-7-8-9(13-5)10-11(12(2,3)4)14-15-16-10/h9,13H,6-8H2,1-5H3. The van der Waals surface area contributed by atoms with Gasteiger partial charge in [0.2, 0.25) is 0 Å². The molecular formula is C12H23N3S.